The van der Waals surface area contributed by atoms with Gasteiger partial charge in [0.05, 0.1) is 18.1 Å². The standard InChI is InChI=1S/C7H13F2NO3S/c8-7(9,6-11)5-10-1-3-14(12,13)4-2-10/h11H,1-6H2. The number of sulfone groups is 1. The minimum Gasteiger partial charge on any atom is -0.390 e. The Bertz CT molecular complexity index is 277. The molecule has 0 amide bonds. The molecule has 0 aromatic heterocycles. The van der Waals surface area contributed by atoms with Crippen LogP contribution < -0.4 is 0 Å². The average Bonchev–Trinajstić information content (AvgIpc) is 2.09. The summed E-state index contributed by atoms with van der Waals surface area (Å²) in [4.78, 5) is 1.36. The predicted molar refractivity (Wildman–Crippen MR) is 47.1 cm³/mol. The van der Waals surface area contributed by atoms with Gasteiger partial charge in [0.1, 0.15) is 6.61 Å². The van der Waals surface area contributed by atoms with Crippen LogP contribution >= 0.6 is 0 Å². The molecule has 0 atom stereocenters. The maximum atomic E-state index is 12.7. The average molecular weight is 229 g/mol. The molecule has 1 fully saturated rings. The largest absolute Gasteiger partial charge is 0.390 e. The molecule has 0 aliphatic carbocycles. The molecule has 1 N–H and O–H groups in total. The van der Waals surface area contributed by atoms with Crippen LogP contribution in [0.3, 0.4) is 0 Å². The quantitative estimate of drug-likeness (QED) is 0.698. The van der Waals surface area contributed by atoms with Gasteiger partial charge >= 0.3 is 0 Å². The molecule has 1 rings (SSSR count). The lowest BCUT2D eigenvalue weighted by Crippen LogP contribution is -2.46. The third-order valence-electron chi connectivity index (χ3n) is 2.12. The van der Waals surface area contributed by atoms with E-state index in [0.29, 0.717) is 0 Å². The molecule has 7 heteroatoms. The van der Waals surface area contributed by atoms with Crippen molar-refractivity contribution in [2.45, 2.75) is 5.92 Å². The lowest BCUT2D eigenvalue weighted by Gasteiger charge is -2.29. The lowest BCUT2D eigenvalue weighted by atomic mass is 10.3. The van der Waals surface area contributed by atoms with Crippen LogP contribution in [0, 0.1) is 0 Å². The molecule has 0 aromatic rings. The molecule has 84 valence electrons. The molecule has 0 bridgehead atoms. The van der Waals surface area contributed by atoms with Crippen molar-refractivity contribution in [1.82, 2.24) is 4.90 Å². The van der Waals surface area contributed by atoms with Gasteiger partial charge in [0.15, 0.2) is 9.84 Å². The Balaban J connectivity index is 2.44. The smallest absolute Gasteiger partial charge is 0.283 e. The summed E-state index contributed by atoms with van der Waals surface area (Å²) in [7, 11) is -3.03. The second-order valence-electron chi connectivity index (χ2n) is 3.44. The van der Waals surface area contributed by atoms with Crippen LogP contribution in [0.2, 0.25) is 0 Å². The summed E-state index contributed by atoms with van der Waals surface area (Å²) < 4.78 is 47.3. The lowest BCUT2D eigenvalue weighted by molar-refractivity contribution is -0.0714. The van der Waals surface area contributed by atoms with E-state index in [0.717, 1.165) is 0 Å². The van der Waals surface area contributed by atoms with Crippen LogP contribution in [0.4, 0.5) is 8.78 Å². The minimum atomic E-state index is -3.14. The first kappa shape index (κ1) is 11.8. The zero-order valence-corrected chi connectivity index (χ0v) is 8.43. The third kappa shape index (κ3) is 3.47. The molecular weight excluding hydrogens is 216 g/mol. The van der Waals surface area contributed by atoms with Gasteiger partial charge < -0.3 is 5.11 Å². The first-order chi connectivity index (χ1) is 6.35. The van der Waals surface area contributed by atoms with Crippen molar-refractivity contribution in [3.05, 3.63) is 0 Å². The highest BCUT2D eigenvalue weighted by atomic mass is 32.2. The molecule has 0 saturated carbocycles. The number of rotatable bonds is 3. The van der Waals surface area contributed by atoms with Gasteiger partial charge in [-0.2, -0.15) is 0 Å². The summed E-state index contributed by atoms with van der Waals surface area (Å²) in [5.41, 5.74) is 0. The highest BCUT2D eigenvalue weighted by molar-refractivity contribution is 7.91. The van der Waals surface area contributed by atoms with Crippen molar-refractivity contribution in [1.29, 1.82) is 0 Å². The minimum absolute atomic E-state index is 0.0749. The molecule has 0 spiro atoms. The third-order valence-corrected chi connectivity index (χ3v) is 3.73. The van der Waals surface area contributed by atoms with Gasteiger partial charge in [0.25, 0.3) is 5.92 Å². The van der Waals surface area contributed by atoms with Gasteiger partial charge in [-0.05, 0) is 0 Å². The Morgan fingerprint density at radius 1 is 1.29 bits per heavy atom. The number of alkyl halides is 2. The van der Waals surface area contributed by atoms with E-state index in [4.69, 9.17) is 5.11 Å². The number of halogens is 2. The first-order valence-corrected chi connectivity index (χ1v) is 6.08. The van der Waals surface area contributed by atoms with Crippen LogP contribution in [0.1, 0.15) is 0 Å². The van der Waals surface area contributed by atoms with E-state index < -0.39 is 28.9 Å². The van der Waals surface area contributed by atoms with Gasteiger partial charge in [-0.15, -0.1) is 0 Å². The summed E-state index contributed by atoms with van der Waals surface area (Å²) in [6, 6.07) is 0. The molecule has 1 aliphatic rings. The molecule has 14 heavy (non-hydrogen) atoms. The first-order valence-electron chi connectivity index (χ1n) is 4.26. The van der Waals surface area contributed by atoms with E-state index in [-0.39, 0.29) is 24.6 Å². The molecule has 1 heterocycles. The van der Waals surface area contributed by atoms with Crippen LogP contribution in [0.15, 0.2) is 0 Å². The fraction of sp³-hybridized carbons (Fsp3) is 1.00. The Labute approximate surface area is 81.4 Å². The number of aliphatic hydroxyl groups is 1. The van der Waals surface area contributed by atoms with Gasteiger partial charge in [-0.25, -0.2) is 17.2 Å². The summed E-state index contributed by atoms with van der Waals surface area (Å²) in [6.07, 6.45) is 0. The van der Waals surface area contributed by atoms with Crippen molar-refractivity contribution in [3.8, 4) is 0 Å². The van der Waals surface area contributed by atoms with Crippen molar-refractivity contribution in [3.63, 3.8) is 0 Å². The summed E-state index contributed by atoms with van der Waals surface area (Å²) in [6.45, 7) is -1.52. The summed E-state index contributed by atoms with van der Waals surface area (Å²) in [5.74, 6) is -3.29. The predicted octanol–water partition coefficient (Wildman–Crippen LogP) is -0.656. The fourth-order valence-electron chi connectivity index (χ4n) is 1.29. The zero-order chi connectivity index (χ0) is 10.8. The van der Waals surface area contributed by atoms with E-state index in [9.17, 15) is 17.2 Å². The van der Waals surface area contributed by atoms with Crippen LogP contribution in [0.5, 0.6) is 0 Å². The van der Waals surface area contributed by atoms with E-state index in [1.807, 2.05) is 0 Å². The number of aliphatic hydroxyl groups excluding tert-OH is 1. The molecule has 1 saturated heterocycles. The van der Waals surface area contributed by atoms with E-state index in [2.05, 4.69) is 0 Å². The Morgan fingerprint density at radius 3 is 2.21 bits per heavy atom. The zero-order valence-electron chi connectivity index (χ0n) is 7.62. The highest BCUT2D eigenvalue weighted by Gasteiger charge is 2.33. The van der Waals surface area contributed by atoms with Gasteiger partial charge in [0, 0.05) is 13.1 Å². The normalized spacial score (nSPS) is 23.6. The van der Waals surface area contributed by atoms with E-state index in [1.165, 1.54) is 4.90 Å². The Hall–Kier alpha value is -0.270. The van der Waals surface area contributed by atoms with Crippen molar-refractivity contribution >= 4 is 9.84 Å². The number of nitrogens with zero attached hydrogens (tertiary/aromatic N) is 1. The Morgan fingerprint density at radius 2 is 1.79 bits per heavy atom. The van der Waals surface area contributed by atoms with Gasteiger partial charge in [-0.1, -0.05) is 0 Å². The molecule has 0 unspecified atom stereocenters. The second-order valence-corrected chi connectivity index (χ2v) is 5.75. The maximum Gasteiger partial charge on any atom is 0.283 e. The molecule has 4 nitrogen and oxygen atoms in total. The summed E-state index contributed by atoms with van der Waals surface area (Å²) >= 11 is 0. The van der Waals surface area contributed by atoms with Gasteiger partial charge in [0.2, 0.25) is 0 Å². The van der Waals surface area contributed by atoms with Crippen molar-refractivity contribution in [2.24, 2.45) is 0 Å². The molecule has 1 aliphatic heterocycles. The van der Waals surface area contributed by atoms with Crippen LogP contribution in [0.25, 0.3) is 0 Å². The fourth-order valence-corrected chi connectivity index (χ4v) is 2.56. The highest BCUT2D eigenvalue weighted by Crippen LogP contribution is 2.15. The monoisotopic (exact) mass is 229 g/mol. The molecule has 0 aromatic carbocycles. The Kier molecular flexibility index (Phi) is 3.44. The van der Waals surface area contributed by atoms with E-state index >= 15 is 0 Å². The number of hydrogen-bond donors (Lipinski definition) is 1. The SMILES string of the molecule is O=S1(=O)CCN(CC(F)(F)CO)CC1. The topological polar surface area (TPSA) is 57.6 Å². The van der Waals surface area contributed by atoms with Crippen LogP contribution in [-0.2, 0) is 9.84 Å². The second kappa shape index (κ2) is 4.08. The van der Waals surface area contributed by atoms with E-state index in [1.54, 1.807) is 0 Å². The van der Waals surface area contributed by atoms with Crippen LogP contribution in [-0.4, -0.2) is 62.1 Å². The number of hydrogen-bond acceptors (Lipinski definition) is 4. The van der Waals surface area contributed by atoms with Gasteiger partial charge in [-0.3, -0.25) is 4.90 Å². The summed E-state index contributed by atoms with van der Waals surface area (Å²) in [5, 5.41) is 8.33. The maximum absolute atomic E-state index is 12.7. The molecule has 0 radical (unpaired) electrons. The van der Waals surface area contributed by atoms with Crippen molar-refractivity contribution in [2.75, 3.05) is 37.7 Å². The molecular formula is C7H13F2NO3S. The van der Waals surface area contributed by atoms with Crippen molar-refractivity contribution < 1.29 is 22.3 Å².